The van der Waals surface area contributed by atoms with Crippen LogP contribution in [0.3, 0.4) is 0 Å². The second kappa shape index (κ2) is 10.0. The Hall–Kier alpha value is -2.16. The summed E-state index contributed by atoms with van der Waals surface area (Å²) >= 11 is 3.45. The van der Waals surface area contributed by atoms with Crippen molar-refractivity contribution in [3.8, 4) is 11.5 Å². The first-order chi connectivity index (χ1) is 13.8. The predicted octanol–water partition coefficient (Wildman–Crippen LogP) is 4.39. The minimum atomic E-state index is -3.55. The first-order valence-corrected chi connectivity index (χ1v) is 11.3. The molecule has 0 aliphatic rings. The first-order valence-electron chi connectivity index (χ1n) is 9.02. The number of ketones is 1. The molecule has 2 aromatic rings. The molecule has 2 rings (SSSR count). The third-order valence-electron chi connectivity index (χ3n) is 4.40. The second-order valence-electron chi connectivity index (χ2n) is 6.04. The van der Waals surface area contributed by atoms with Gasteiger partial charge in [-0.1, -0.05) is 29.8 Å². The summed E-state index contributed by atoms with van der Waals surface area (Å²) in [6.07, 6.45) is 3.09. The molecule has 0 N–H and O–H groups in total. The highest BCUT2D eigenvalue weighted by Gasteiger charge is 2.21. The van der Waals surface area contributed by atoms with Crippen molar-refractivity contribution in [1.29, 1.82) is 0 Å². The third-order valence-corrected chi connectivity index (χ3v) is 7.15. The Morgan fingerprint density at radius 3 is 2.10 bits per heavy atom. The number of ether oxygens (including phenoxy) is 2. The Morgan fingerprint density at radius 2 is 1.59 bits per heavy atom. The van der Waals surface area contributed by atoms with Crippen molar-refractivity contribution >= 4 is 37.8 Å². The van der Waals surface area contributed by atoms with E-state index in [0.717, 1.165) is 10.0 Å². The lowest BCUT2D eigenvalue weighted by atomic mass is 10.1. The second-order valence-corrected chi connectivity index (χ2v) is 8.83. The molecule has 0 atom stereocenters. The van der Waals surface area contributed by atoms with Gasteiger partial charge in [0.1, 0.15) is 0 Å². The Bertz CT molecular complexity index is 996. The van der Waals surface area contributed by atoms with E-state index in [9.17, 15) is 13.2 Å². The summed E-state index contributed by atoms with van der Waals surface area (Å²) in [5.74, 6) is 0.889. The Balaban J connectivity index is 2.24. The van der Waals surface area contributed by atoms with E-state index >= 15 is 0 Å². The van der Waals surface area contributed by atoms with Crippen LogP contribution in [-0.2, 0) is 10.0 Å². The van der Waals surface area contributed by atoms with Crippen LogP contribution in [0.25, 0.3) is 6.08 Å². The molecule has 0 aliphatic carbocycles. The molecule has 29 heavy (non-hydrogen) atoms. The molecule has 0 aliphatic heterocycles. The molecule has 0 bridgehead atoms. The van der Waals surface area contributed by atoms with E-state index in [4.69, 9.17) is 9.47 Å². The topological polar surface area (TPSA) is 72.9 Å². The predicted molar refractivity (Wildman–Crippen MR) is 117 cm³/mol. The highest BCUT2D eigenvalue weighted by atomic mass is 79.9. The minimum absolute atomic E-state index is 0.171. The van der Waals surface area contributed by atoms with E-state index in [1.165, 1.54) is 41.8 Å². The van der Waals surface area contributed by atoms with Gasteiger partial charge in [0.25, 0.3) is 0 Å². The number of methoxy groups -OCH3 is 2. The third kappa shape index (κ3) is 5.26. The van der Waals surface area contributed by atoms with Crippen molar-refractivity contribution < 1.29 is 22.7 Å². The summed E-state index contributed by atoms with van der Waals surface area (Å²) in [6.45, 7) is 4.36. The molecule has 156 valence electrons. The van der Waals surface area contributed by atoms with Crippen LogP contribution in [0.1, 0.15) is 29.8 Å². The van der Waals surface area contributed by atoms with E-state index in [1.54, 1.807) is 39.2 Å². The molecule has 0 amide bonds. The van der Waals surface area contributed by atoms with Gasteiger partial charge in [0, 0.05) is 23.1 Å². The molecule has 0 saturated carbocycles. The summed E-state index contributed by atoms with van der Waals surface area (Å²) < 4.78 is 37.7. The van der Waals surface area contributed by atoms with Crippen LogP contribution in [0, 0.1) is 0 Å². The average molecular weight is 482 g/mol. The number of carbonyl (C=O) groups is 1. The number of carbonyl (C=O) groups excluding carboxylic acids is 1. The number of hydrogen-bond donors (Lipinski definition) is 0. The number of sulfonamides is 1. The zero-order valence-corrected chi connectivity index (χ0v) is 19.2. The molecule has 0 spiro atoms. The van der Waals surface area contributed by atoms with Gasteiger partial charge in [0.2, 0.25) is 10.0 Å². The number of allylic oxidation sites excluding steroid dienone is 1. The van der Waals surface area contributed by atoms with Crippen LogP contribution in [0.2, 0.25) is 0 Å². The molecule has 0 saturated heterocycles. The van der Waals surface area contributed by atoms with Crippen LogP contribution >= 0.6 is 15.9 Å². The minimum Gasteiger partial charge on any atom is -0.493 e. The highest BCUT2D eigenvalue weighted by molar-refractivity contribution is 9.10. The Labute approximate surface area is 180 Å². The number of halogens is 1. The van der Waals surface area contributed by atoms with Crippen molar-refractivity contribution in [3.63, 3.8) is 0 Å². The molecule has 0 radical (unpaired) electrons. The largest absolute Gasteiger partial charge is 0.493 e. The zero-order valence-electron chi connectivity index (χ0n) is 16.8. The molecular formula is C21H24BrNO5S. The van der Waals surface area contributed by atoms with Gasteiger partial charge < -0.3 is 9.47 Å². The lowest BCUT2D eigenvalue weighted by Crippen LogP contribution is -2.30. The van der Waals surface area contributed by atoms with Crippen molar-refractivity contribution in [1.82, 2.24) is 4.31 Å². The van der Waals surface area contributed by atoms with Gasteiger partial charge in [-0.3, -0.25) is 4.79 Å². The normalized spacial score (nSPS) is 11.8. The molecule has 0 fully saturated rings. The SMILES string of the molecule is CCN(CC)S(=O)(=O)c1ccc(C(=O)/C=C/c2cc(OC)c(OC)cc2Br)cc1. The smallest absolute Gasteiger partial charge is 0.243 e. The summed E-state index contributed by atoms with van der Waals surface area (Å²) in [4.78, 5) is 12.7. The van der Waals surface area contributed by atoms with E-state index < -0.39 is 10.0 Å². The lowest BCUT2D eigenvalue weighted by molar-refractivity contribution is 0.104. The maximum absolute atomic E-state index is 12.5. The van der Waals surface area contributed by atoms with Crippen LogP contribution in [0.5, 0.6) is 11.5 Å². The molecular weight excluding hydrogens is 458 g/mol. The van der Waals surface area contributed by atoms with Crippen molar-refractivity contribution in [2.45, 2.75) is 18.7 Å². The van der Waals surface area contributed by atoms with E-state index in [-0.39, 0.29) is 10.7 Å². The van der Waals surface area contributed by atoms with Crippen LogP contribution in [-0.4, -0.2) is 45.8 Å². The number of rotatable bonds is 9. The van der Waals surface area contributed by atoms with Gasteiger partial charge in [-0.05, 0) is 54.1 Å². The monoisotopic (exact) mass is 481 g/mol. The standard InChI is InChI=1S/C21H24BrNO5S/c1-5-23(6-2)29(25,26)17-10-7-15(8-11-17)19(24)12-9-16-13-20(27-3)21(28-4)14-18(16)22/h7-14H,5-6H2,1-4H3/b12-9+. The fourth-order valence-electron chi connectivity index (χ4n) is 2.76. The van der Waals surface area contributed by atoms with E-state index in [0.29, 0.717) is 30.2 Å². The molecule has 0 aromatic heterocycles. The molecule has 0 unspecified atom stereocenters. The quantitative estimate of drug-likeness (QED) is 0.392. The van der Waals surface area contributed by atoms with Gasteiger partial charge in [0.05, 0.1) is 19.1 Å². The average Bonchev–Trinajstić information content (AvgIpc) is 2.73. The molecule has 2 aromatic carbocycles. The highest BCUT2D eigenvalue weighted by Crippen LogP contribution is 2.34. The number of nitrogens with zero attached hydrogens (tertiary/aromatic N) is 1. The zero-order chi connectivity index (χ0) is 21.6. The number of hydrogen-bond acceptors (Lipinski definition) is 5. The van der Waals surface area contributed by atoms with Crippen molar-refractivity contribution in [3.05, 3.63) is 58.1 Å². The van der Waals surface area contributed by atoms with Gasteiger partial charge >= 0.3 is 0 Å². The van der Waals surface area contributed by atoms with E-state index in [2.05, 4.69) is 15.9 Å². The molecule has 0 heterocycles. The van der Waals surface area contributed by atoms with E-state index in [1.807, 2.05) is 0 Å². The summed E-state index contributed by atoms with van der Waals surface area (Å²) in [6, 6.07) is 9.48. The summed E-state index contributed by atoms with van der Waals surface area (Å²) in [5.41, 5.74) is 1.15. The Morgan fingerprint density at radius 1 is 1.03 bits per heavy atom. The van der Waals surface area contributed by atoms with Crippen LogP contribution < -0.4 is 9.47 Å². The van der Waals surface area contributed by atoms with Gasteiger partial charge in [-0.15, -0.1) is 0 Å². The maximum atomic E-state index is 12.5. The maximum Gasteiger partial charge on any atom is 0.243 e. The fourth-order valence-corrected chi connectivity index (χ4v) is 4.68. The summed E-state index contributed by atoms with van der Waals surface area (Å²) in [5, 5.41) is 0. The Kier molecular flexibility index (Phi) is 8.01. The molecule has 6 nitrogen and oxygen atoms in total. The van der Waals surface area contributed by atoms with Crippen LogP contribution in [0.15, 0.2) is 51.8 Å². The first kappa shape index (κ1) is 23.1. The fraction of sp³-hybridized carbons (Fsp3) is 0.286. The van der Waals surface area contributed by atoms with Crippen LogP contribution in [0.4, 0.5) is 0 Å². The van der Waals surface area contributed by atoms with Gasteiger partial charge in [0.15, 0.2) is 17.3 Å². The van der Waals surface area contributed by atoms with Gasteiger partial charge in [-0.25, -0.2) is 8.42 Å². The van der Waals surface area contributed by atoms with Gasteiger partial charge in [-0.2, -0.15) is 4.31 Å². The molecule has 8 heteroatoms. The number of benzene rings is 2. The van der Waals surface area contributed by atoms with Crippen molar-refractivity contribution in [2.75, 3.05) is 27.3 Å². The lowest BCUT2D eigenvalue weighted by Gasteiger charge is -2.18. The summed E-state index contributed by atoms with van der Waals surface area (Å²) in [7, 11) is -0.458. The van der Waals surface area contributed by atoms with Crippen molar-refractivity contribution in [2.24, 2.45) is 0 Å².